The Labute approximate surface area is 411 Å². The summed E-state index contributed by atoms with van der Waals surface area (Å²) in [6.07, 6.45) is 0. The summed E-state index contributed by atoms with van der Waals surface area (Å²) in [5, 5.41) is 7.39. The van der Waals surface area contributed by atoms with E-state index in [2.05, 4.69) is 264 Å². The average Bonchev–Trinajstić information content (AvgIpc) is 4.22. The highest BCUT2D eigenvalue weighted by Gasteiger charge is 2.45. The number of aromatic nitrogens is 3. The molecule has 3 aromatic heterocycles. The zero-order valence-corrected chi connectivity index (χ0v) is 39.4. The predicted molar refractivity (Wildman–Crippen MR) is 300 cm³/mol. The van der Waals surface area contributed by atoms with Crippen LogP contribution in [0.15, 0.2) is 242 Å². The van der Waals surface area contributed by atoms with Crippen molar-refractivity contribution in [2.75, 3.05) is 0 Å². The number of rotatable bonds is 6. The Hall–Kier alpha value is -9.18. The minimum Gasteiger partial charge on any atom is -0.308 e. The van der Waals surface area contributed by atoms with E-state index in [1.54, 1.807) is 0 Å². The van der Waals surface area contributed by atoms with Crippen LogP contribution >= 0.6 is 0 Å². The molecule has 3 heteroatoms. The maximum Gasteiger partial charge on any atom is 0.0810 e. The van der Waals surface area contributed by atoms with Gasteiger partial charge in [-0.1, -0.05) is 200 Å². The molecule has 0 saturated heterocycles. The van der Waals surface area contributed by atoms with Crippen molar-refractivity contribution in [3.8, 4) is 22.3 Å². The molecule has 10 aromatic carbocycles. The molecule has 0 N–H and O–H groups in total. The van der Waals surface area contributed by atoms with Crippen molar-refractivity contribution in [3.63, 3.8) is 0 Å². The number of nitrogens with zero attached hydrogens (tertiary/aromatic N) is 3. The van der Waals surface area contributed by atoms with Gasteiger partial charge in [0.1, 0.15) is 0 Å². The van der Waals surface area contributed by atoms with Crippen LogP contribution in [0.2, 0.25) is 0 Å². The molecule has 13 aromatic rings. The molecular formula is C68H45N3. The highest BCUT2D eigenvalue weighted by molar-refractivity contribution is 6.38. The second-order valence-electron chi connectivity index (χ2n) is 19.1. The van der Waals surface area contributed by atoms with Crippen LogP contribution in [0.3, 0.4) is 0 Å². The number of hydrogen-bond acceptors (Lipinski definition) is 0. The first-order valence-corrected chi connectivity index (χ1v) is 24.7. The molecule has 0 amide bonds. The summed E-state index contributed by atoms with van der Waals surface area (Å²) < 4.78 is 7.85. The minimum absolute atomic E-state index is 1.16. The molecule has 3 heterocycles. The Morgan fingerprint density at radius 3 is 0.831 bits per heavy atom. The van der Waals surface area contributed by atoms with Gasteiger partial charge in [-0.25, -0.2) is 0 Å². The Morgan fingerprint density at radius 1 is 0.211 bits per heavy atom. The lowest BCUT2D eigenvalue weighted by Crippen LogP contribution is -2.09. The predicted octanol–water partition coefficient (Wildman–Crippen LogP) is 17.7. The fourth-order valence-electron chi connectivity index (χ4n) is 12.8. The zero-order chi connectivity index (χ0) is 46.9. The van der Waals surface area contributed by atoms with E-state index in [-0.39, 0.29) is 0 Å². The number of hydrogen-bond donors (Lipinski definition) is 0. The number of fused-ring (bicyclic) bond motifs is 12. The highest BCUT2D eigenvalue weighted by Crippen LogP contribution is 2.63. The summed E-state index contributed by atoms with van der Waals surface area (Å²) in [5.41, 5.74) is 25.5. The van der Waals surface area contributed by atoms with Gasteiger partial charge in [-0.05, 0) is 94.8 Å². The summed E-state index contributed by atoms with van der Waals surface area (Å²) in [4.78, 5) is 0. The SMILES string of the molecule is Cc1c2c(c(C)c(-c3ccccc3)c1-c1ccccc1)C(n1c3ccccc3c3ccccc31)=C1C2=C(c2ccccc2)C(n2c3ccccc3c3ccccc32)=C1n1c2ccccc2c2ccccc21. The summed E-state index contributed by atoms with van der Waals surface area (Å²) in [6.45, 7) is 4.79. The molecule has 3 nitrogen and oxygen atoms in total. The van der Waals surface area contributed by atoms with Gasteiger partial charge in [-0.2, -0.15) is 0 Å². The maximum atomic E-state index is 2.63. The first-order chi connectivity index (χ1) is 35.2. The standard InChI is InChI=1S/C68H45N3/c1-42-59(44-24-6-3-7-25-44)60(45-26-8-4-9-27-45)43(2)62-61(42)64-63(46-28-10-5-11-29-46)67(70-55-38-20-14-32-49(55)50-33-15-21-39-56(50)70)68(71-57-40-22-16-34-51(57)52-35-17-23-41-58(52)71)65(64)66(62)69-53-36-18-12-30-47(53)48-31-13-19-37-54(48)69/h3-41H,1-2H3. The zero-order valence-electron chi connectivity index (χ0n) is 39.4. The van der Waals surface area contributed by atoms with Gasteiger partial charge in [0.2, 0.25) is 0 Å². The quantitative estimate of drug-likeness (QED) is 0.158. The molecule has 71 heavy (non-hydrogen) atoms. The van der Waals surface area contributed by atoms with E-state index in [1.807, 2.05) is 0 Å². The molecule has 0 saturated carbocycles. The van der Waals surface area contributed by atoms with Crippen LogP contribution in [0.1, 0.15) is 27.8 Å². The van der Waals surface area contributed by atoms with E-state index in [0.29, 0.717) is 0 Å². The fraction of sp³-hybridized carbons (Fsp3) is 0.0294. The largest absolute Gasteiger partial charge is 0.308 e. The van der Waals surface area contributed by atoms with Gasteiger partial charge in [-0.15, -0.1) is 0 Å². The van der Waals surface area contributed by atoms with Crippen LogP contribution in [0.4, 0.5) is 0 Å². The maximum absolute atomic E-state index is 2.63. The van der Waals surface area contributed by atoms with Gasteiger partial charge >= 0.3 is 0 Å². The molecule has 15 rings (SSSR count). The Bertz CT molecular complexity index is 4330. The van der Waals surface area contributed by atoms with Crippen LogP contribution in [0.25, 0.3) is 116 Å². The molecule has 0 atom stereocenters. The van der Waals surface area contributed by atoms with Gasteiger partial charge in [0, 0.05) is 54.6 Å². The van der Waals surface area contributed by atoms with Gasteiger partial charge in [-0.3, -0.25) is 0 Å². The van der Waals surface area contributed by atoms with Crippen LogP contribution in [0, 0.1) is 13.8 Å². The van der Waals surface area contributed by atoms with Crippen LogP contribution in [-0.4, -0.2) is 13.7 Å². The highest BCUT2D eigenvalue weighted by atomic mass is 15.1. The monoisotopic (exact) mass is 903 g/mol. The third-order valence-electron chi connectivity index (χ3n) is 15.5. The van der Waals surface area contributed by atoms with Gasteiger partial charge in [0.05, 0.1) is 50.2 Å². The van der Waals surface area contributed by atoms with Gasteiger partial charge in [0.15, 0.2) is 0 Å². The van der Waals surface area contributed by atoms with Crippen molar-refractivity contribution in [2.45, 2.75) is 13.8 Å². The lowest BCUT2D eigenvalue weighted by molar-refractivity contribution is 1.16. The van der Waals surface area contributed by atoms with Crippen molar-refractivity contribution < 1.29 is 0 Å². The second kappa shape index (κ2) is 15.2. The van der Waals surface area contributed by atoms with Crippen molar-refractivity contribution in [2.24, 2.45) is 0 Å². The fourth-order valence-corrected chi connectivity index (χ4v) is 12.8. The number of benzene rings is 10. The molecule has 0 fully saturated rings. The first kappa shape index (κ1) is 39.8. The van der Waals surface area contributed by atoms with Crippen LogP contribution < -0.4 is 0 Å². The molecular weight excluding hydrogens is 859 g/mol. The van der Waals surface area contributed by atoms with Gasteiger partial charge < -0.3 is 13.7 Å². The molecule has 2 aliphatic carbocycles. The molecule has 0 unspecified atom stereocenters. The Balaban J connectivity index is 1.26. The third kappa shape index (κ3) is 5.43. The number of allylic oxidation sites excluding steroid dienone is 5. The molecule has 332 valence electrons. The minimum atomic E-state index is 1.16. The average molecular weight is 904 g/mol. The molecule has 0 spiro atoms. The molecule has 0 aliphatic heterocycles. The molecule has 0 radical (unpaired) electrons. The molecule has 2 aliphatic rings. The number of para-hydroxylation sites is 6. The van der Waals surface area contributed by atoms with E-state index in [1.165, 1.54) is 144 Å². The van der Waals surface area contributed by atoms with E-state index in [9.17, 15) is 0 Å². The first-order valence-electron chi connectivity index (χ1n) is 24.7. The summed E-state index contributed by atoms with van der Waals surface area (Å²) in [5.74, 6) is 0. The normalized spacial score (nSPS) is 13.6. The smallest absolute Gasteiger partial charge is 0.0810 e. The van der Waals surface area contributed by atoms with Crippen molar-refractivity contribution in [1.82, 2.24) is 13.7 Å². The van der Waals surface area contributed by atoms with Crippen LogP contribution in [0.5, 0.6) is 0 Å². The van der Waals surface area contributed by atoms with Crippen molar-refractivity contribution >= 4 is 93.7 Å². The van der Waals surface area contributed by atoms with E-state index in [0.717, 1.165) is 5.70 Å². The lowest BCUT2D eigenvalue weighted by Gasteiger charge is -2.25. The summed E-state index contributed by atoms with van der Waals surface area (Å²) in [7, 11) is 0. The molecule has 0 bridgehead atoms. The summed E-state index contributed by atoms with van der Waals surface area (Å²) >= 11 is 0. The summed E-state index contributed by atoms with van der Waals surface area (Å²) in [6, 6.07) is 87.5. The van der Waals surface area contributed by atoms with E-state index < -0.39 is 0 Å². The van der Waals surface area contributed by atoms with Crippen LogP contribution in [-0.2, 0) is 0 Å². The lowest BCUT2D eigenvalue weighted by atomic mass is 9.80. The third-order valence-corrected chi connectivity index (χ3v) is 15.5. The van der Waals surface area contributed by atoms with E-state index >= 15 is 0 Å². The topological polar surface area (TPSA) is 14.8 Å². The van der Waals surface area contributed by atoms with Crippen molar-refractivity contribution in [3.05, 3.63) is 270 Å². The Kier molecular flexibility index (Phi) is 8.49. The Morgan fingerprint density at radius 2 is 0.479 bits per heavy atom. The van der Waals surface area contributed by atoms with Gasteiger partial charge in [0.25, 0.3) is 0 Å². The van der Waals surface area contributed by atoms with Crippen molar-refractivity contribution in [1.29, 1.82) is 0 Å². The van der Waals surface area contributed by atoms with E-state index in [4.69, 9.17) is 0 Å². The second-order valence-corrected chi connectivity index (χ2v) is 19.1.